The lowest BCUT2D eigenvalue weighted by Gasteiger charge is -2.09. The number of carbonyl (C=O) groups excluding carboxylic acids is 1. The molecular formula is C18H20N2O6S. The van der Waals surface area contributed by atoms with Crippen molar-refractivity contribution in [1.82, 2.24) is 10.0 Å². The van der Waals surface area contributed by atoms with Crippen molar-refractivity contribution in [3.63, 3.8) is 0 Å². The van der Waals surface area contributed by atoms with Gasteiger partial charge in [0.25, 0.3) is 5.91 Å². The van der Waals surface area contributed by atoms with Crippen molar-refractivity contribution < 1.29 is 27.4 Å². The van der Waals surface area contributed by atoms with Gasteiger partial charge >= 0.3 is 0 Å². The maximum Gasteiger partial charge on any atom is 0.251 e. The molecule has 9 heteroatoms. The van der Waals surface area contributed by atoms with Crippen LogP contribution in [0.5, 0.6) is 11.5 Å². The van der Waals surface area contributed by atoms with Crippen LogP contribution in [0.2, 0.25) is 0 Å². The summed E-state index contributed by atoms with van der Waals surface area (Å²) in [6, 6.07) is 11.1. The van der Waals surface area contributed by atoms with Crippen LogP contribution >= 0.6 is 0 Å². The molecule has 0 aromatic heterocycles. The van der Waals surface area contributed by atoms with Crippen LogP contribution in [-0.4, -0.2) is 41.4 Å². The summed E-state index contributed by atoms with van der Waals surface area (Å²) in [5.41, 5.74) is 0.994. The minimum atomic E-state index is -3.78. The van der Waals surface area contributed by atoms with Gasteiger partial charge in [-0.15, -0.1) is 0 Å². The summed E-state index contributed by atoms with van der Waals surface area (Å²) in [4.78, 5) is 12.1. The summed E-state index contributed by atoms with van der Waals surface area (Å²) in [6.45, 7) is 0.961. The topological polar surface area (TPSA) is 103 Å². The van der Waals surface area contributed by atoms with Crippen molar-refractivity contribution in [2.75, 3.05) is 27.1 Å². The second-order valence-corrected chi connectivity index (χ2v) is 7.56. The van der Waals surface area contributed by atoms with Gasteiger partial charge in [0, 0.05) is 25.8 Å². The van der Waals surface area contributed by atoms with E-state index in [0.717, 1.165) is 5.56 Å². The molecule has 2 N–H and O–H groups in total. The summed E-state index contributed by atoms with van der Waals surface area (Å²) in [7, 11) is -2.25. The van der Waals surface area contributed by atoms with Gasteiger partial charge in [0.05, 0.1) is 11.5 Å². The van der Waals surface area contributed by atoms with E-state index in [4.69, 9.17) is 14.2 Å². The lowest BCUT2D eigenvalue weighted by Crippen LogP contribution is -2.27. The lowest BCUT2D eigenvalue weighted by atomic mass is 10.2. The van der Waals surface area contributed by atoms with Crippen molar-refractivity contribution >= 4 is 15.9 Å². The molecule has 0 atom stereocenters. The first kappa shape index (κ1) is 19.2. The molecule has 1 aliphatic heterocycles. The number of fused-ring (bicyclic) bond motifs is 1. The van der Waals surface area contributed by atoms with Crippen LogP contribution in [0.1, 0.15) is 15.9 Å². The SMILES string of the molecule is COCCNC(=O)c1cccc(S(=O)(=O)NCc2ccc3c(c2)OCO3)c1. The predicted molar refractivity (Wildman–Crippen MR) is 97.2 cm³/mol. The van der Waals surface area contributed by atoms with E-state index in [2.05, 4.69) is 10.0 Å². The summed E-state index contributed by atoms with van der Waals surface area (Å²) < 4.78 is 43.0. The highest BCUT2D eigenvalue weighted by Crippen LogP contribution is 2.32. The van der Waals surface area contributed by atoms with E-state index in [0.29, 0.717) is 24.7 Å². The summed E-state index contributed by atoms with van der Waals surface area (Å²) in [6.07, 6.45) is 0. The largest absolute Gasteiger partial charge is 0.454 e. The van der Waals surface area contributed by atoms with Gasteiger partial charge in [-0.3, -0.25) is 4.79 Å². The monoisotopic (exact) mass is 392 g/mol. The van der Waals surface area contributed by atoms with Gasteiger partial charge in [-0.1, -0.05) is 12.1 Å². The molecule has 0 saturated heterocycles. The molecule has 2 aromatic rings. The molecule has 0 radical (unpaired) electrons. The molecule has 1 heterocycles. The molecule has 27 heavy (non-hydrogen) atoms. The maximum absolute atomic E-state index is 12.6. The van der Waals surface area contributed by atoms with Crippen LogP contribution in [0.25, 0.3) is 0 Å². The predicted octanol–water partition coefficient (Wildman–Crippen LogP) is 1.27. The van der Waals surface area contributed by atoms with Crippen molar-refractivity contribution in [2.45, 2.75) is 11.4 Å². The van der Waals surface area contributed by atoms with E-state index >= 15 is 0 Å². The number of hydrogen-bond donors (Lipinski definition) is 2. The Balaban J connectivity index is 1.67. The maximum atomic E-state index is 12.6. The molecule has 0 fully saturated rings. The molecule has 3 rings (SSSR count). The Kier molecular flexibility index (Phi) is 5.94. The van der Waals surface area contributed by atoms with Gasteiger partial charge in [0.15, 0.2) is 11.5 Å². The smallest absolute Gasteiger partial charge is 0.251 e. The van der Waals surface area contributed by atoms with E-state index in [-0.39, 0.29) is 29.7 Å². The van der Waals surface area contributed by atoms with Crippen molar-refractivity contribution in [3.05, 3.63) is 53.6 Å². The number of methoxy groups -OCH3 is 1. The number of rotatable bonds is 8. The number of ether oxygens (including phenoxy) is 3. The van der Waals surface area contributed by atoms with Crippen LogP contribution in [0, 0.1) is 0 Å². The number of benzene rings is 2. The van der Waals surface area contributed by atoms with E-state index in [1.807, 2.05) is 0 Å². The van der Waals surface area contributed by atoms with E-state index in [1.165, 1.54) is 25.3 Å². The van der Waals surface area contributed by atoms with Gasteiger partial charge in [0.1, 0.15) is 0 Å². The van der Waals surface area contributed by atoms with Crippen molar-refractivity contribution in [3.8, 4) is 11.5 Å². The Bertz CT molecular complexity index is 929. The molecule has 0 unspecified atom stereocenters. The zero-order valence-corrected chi connectivity index (χ0v) is 15.5. The van der Waals surface area contributed by atoms with E-state index in [1.54, 1.807) is 24.3 Å². The quantitative estimate of drug-likeness (QED) is 0.656. The molecular weight excluding hydrogens is 372 g/mol. The minimum absolute atomic E-state index is 0.0163. The summed E-state index contributed by atoms with van der Waals surface area (Å²) in [5.74, 6) is 0.857. The lowest BCUT2D eigenvalue weighted by molar-refractivity contribution is 0.0937. The zero-order valence-electron chi connectivity index (χ0n) is 14.7. The zero-order chi connectivity index (χ0) is 19.3. The molecule has 0 saturated carbocycles. The van der Waals surface area contributed by atoms with Crippen LogP contribution in [-0.2, 0) is 21.3 Å². The summed E-state index contributed by atoms with van der Waals surface area (Å²) >= 11 is 0. The fourth-order valence-corrected chi connectivity index (χ4v) is 3.55. The standard InChI is InChI=1S/C18H20N2O6S/c1-24-8-7-19-18(21)14-3-2-4-15(10-14)27(22,23)20-11-13-5-6-16-17(9-13)26-12-25-16/h2-6,9-10,20H,7-8,11-12H2,1H3,(H,19,21). The van der Waals surface area contributed by atoms with Gasteiger partial charge in [0.2, 0.25) is 16.8 Å². The number of amides is 1. The van der Waals surface area contributed by atoms with E-state index < -0.39 is 10.0 Å². The normalized spacial score (nSPS) is 12.8. The average Bonchev–Trinajstić information content (AvgIpc) is 3.14. The third-order valence-electron chi connectivity index (χ3n) is 3.90. The molecule has 0 aliphatic carbocycles. The highest BCUT2D eigenvalue weighted by atomic mass is 32.2. The minimum Gasteiger partial charge on any atom is -0.454 e. The average molecular weight is 392 g/mol. The Morgan fingerprint density at radius 2 is 1.96 bits per heavy atom. The number of sulfonamides is 1. The number of hydrogen-bond acceptors (Lipinski definition) is 6. The Labute approximate surface area is 157 Å². The summed E-state index contributed by atoms with van der Waals surface area (Å²) in [5, 5.41) is 2.66. The first-order valence-corrected chi connectivity index (χ1v) is 9.73. The van der Waals surface area contributed by atoms with Crippen LogP contribution in [0.4, 0.5) is 0 Å². The molecule has 2 aromatic carbocycles. The van der Waals surface area contributed by atoms with Gasteiger partial charge in [-0.05, 0) is 35.9 Å². The Morgan fingerprint density at radius 1 is 1.15 bits per heavy atom. The van der Waals surface area contributed by atoms with Gasteiger partial charge < -0.3 is 19.5 Å². The Hall–Kier alpha value is -2.62. The molecule has 1 aliphatic rings. The number of nitrogens with one attached hydrogen (secondary N) is 2. The number of carbonyl (C=O) groups is 1. The fraction of sp³-hybridized carbons (Fsp3) is 0.278. The van der Waals surface area contributed by atoms with E-state index in [9.17, 15) is 13.2 Å². The van der Waals surface area contributed by atoms with Gasteiger partial charge in [-0.25, -0.2) is 13.1 Å². The highest BCUT2D eigenvalue weighted by molar-refractivity contribution is 7.89. The second kappa shape index (κ2) is 8.38. The van der Waals surface area contributed by atoms with Gasteiger partial charge in [-0.2, -0.15) is 0 Å². The second-order valence-electron chi connectivity index (χ2n) is 5.79. The van der Waals surface area contributed by atoms with Crippen LogP contribution in [0.3, 0.4) is 0 Å². The highest BCUT2D eigenvalue weighted by Gasteiger charge is 2.18. The van der Waals surface area contributed by atoms with Crippen molar-refractivity contribution in [2.24, 2.45) is 0 Å². The molecule has 8 nitrogen and oxygen atoms in total. The third-order valence-corrected chi connectivity index (χ3v) is 5.30. The fourth-order valence-electron chi connectivity index (χ4n) is 2.49. The van der Waals surface area contributed by atoms with Crippen LogP contribution in [0.15, 0.2) is 47.4 Å². The molecule has 0 spiro atoms. The first-order valence-electron chi connectivity index (χ1n) is 8.25. The molecule has 144 valence electrons. The van der Waals surface area contributed by atoms with Crippen molar-refractivity contribution in [1.29, 1.82) is 0 Å². The molecule has 0 bridgehead atoms. The Morgan fingerprint density at radius 3 is 2.78 bits per heavy atom. The third kappa shape index (κ3) is 4.76. The first-order chi connectivity index (χ1) is 13.0. The van der Waals surface area contributed by atoms with Crippen LogP contribution < -0.4 is 19.5 Å². The molecule has 1 amide bonds.